The summed E-state index contributed by atoms with van der Waals surface area (Å²) in [5.74, 6) is 0. The maximum Gasteiger partial charge on any atom is 0.173 e. The van der Waals surface area contributed by atoms with Crippen molar-refractivity contribution in [2.24, 2.45) is 11.5 Å². The Bertz CT molecular complexity index is 422. The lowest BCUT2D eigenvalue weighted by molar-refractivity contribution is -0.280. The number of aliphatic hydroxyl groups is 6. The van der Waals surface area contributed by atoms with Crippen LogP contribution in [0.2, 0.25) is 0 Å². The molecule has 1 saturated heterocycles. The fraction of sp³-hybridized carbons (Fsp3) is 1.00. The van der Waals surface area contributed by atoms with Gasteiger partial charge in [0.1, 0.15) is 36.6 Å². The number of rotatable bonds is 9. The van der Waals surface area contributed by atoms with Crippen LogP contribution in [-0.2, 0) is 14.2 Å². The Kier molecular flexibility index (Phi) is 8.77. The Balaban J connectivity index is 2.91. The zero-order chi connectivity index (χ0) is 20.2. The Labute approximate surface area is 152 Å². The van der Waals surface area contributed by atoms with Crippen molar-refractivity contribution in [3.05, 3.63) is 0 Å². The molecule has 1 fully saturated rings. The quantitative estimate of drug-likeness (QED) is 0.191. The van der Waals surface area contributed by atoms with Crippen molar-refractivity contribution in [2.75, 3.05) is 20.3 Å². The van der Waals surface area contributed by atoms with Crippen LogP contribution in [0.5, 0.6) is 0 Å². The molecule has 1 rings (SSSR count). The van der Waals surface area contributed by atoms with Gasteiger partial charge in [-0.2, -0.15) is 0 Å². The van der Waals surface area contributed by atoms with Crippen molar-refractivity contribution >= 4 is 0 Å². The van der Waals surface area contributed by atoms with Crippen LogP contribution in [0.3, 0.4) is 0 Å². The van der Waals surface area contributed by atoms with Gasteiger partial charge >= 0.3 is 0 Å². The van der Waals surface area contributed by atoms with Crippen LogP contribution in [0.4, 0.5) is 0 Å². The Morgan fingerprint density at radius 2 is 1.73 bits per heavy atom. The standard InChI is InChI=1S/C15H32N2O9/c1-15(2,13(17)11(22)9(20)6(4-18)24-3)26-12-7(5-19)25-14(23)8(16)10(12)21/h6-14,18-23H,4-5,16-17H2,1-3H3. The molecule has 10 N–H and O–H groups in total. The van der Waals surface area contributed by atoms with Crippen LogP contribution in [-0.4, -0.2) is 112 Å². The maximum atomic E-state index is 10.3. The van der Waals surface area contributed by atoms with Crippen LogP contribution >= 0.6 is 0 Å². The van der Waals surface area contributed by atoms with Gasteiger partial charge in [-0.25, -0.2) is 0 Å². The van der Waals surface area contributed by atoms with Crippen molar-refractivity contribution < 1.29 is 44.8 Å². The van der Waals surface area contributed by atoms with Gasteiger partial charge < -0.3 is 56.3 Å². The molecule has 0 bridgehead atoms. The highest BCUT2D eigenvalue weighted by Gasteiger charge is 2.48. The van der Waals surface area contributed by atoms with Crippen LogP contribution in [0.1, 0.15) is 13.8 Å². The van der Waals surface area contributed by atoms with Gasteiger partial charge in [0, 0.05) is 7.11 Å². The number of hydrogen-bond donors (Lipinski definition) is 8. The van der Waals surface area contributed by atoms with Crippen LogP contribution in [0.25, 0.3) is 0 Å². The normalized spacial score (nSPS) is 35.0. The zero-order valence-corrected chi connectivity index (χ0v) is 15.2. The first kappa shape index (κ1) is 23.6. The lowest BCUT2D eigenvalue weighted by Gasteiger charge is -2.46. The summed E-state index contributed by atoms with van der Waals surface area (Å²) in [4.78, 5) is 0. The minimum atomic E-state index is -1.53. The lowest BCUT2D eigenvalue weighted by Crippen LogP contribution is -2.66. The van der Waals surface area contributed by atoms with Crippen molar-refractivity contribution in [3.63, 3.8) is 0 Å². The molecule has 9 atom stereocenters. The summed E-state index contributed by atoms with van der Waals surface area (Å²) in [6, 6.07) is -2.34. The maximum absolute atomic E-state index is 10.3. The van der Waals surface area contributed by atoms with E-state index in [0.29, 0.717) is 0 Å². The van der Waals surface area contributed by atoms with Crippen LogP contribution in [0, 0.1) is 0 Å². The third kappa shape index (κ3) is 5.09. The highest BCUT2D eigenvalue weighted by molar-refractivity contribution is 4.98. The van der Waals surface area contributed by atoms with Gasteiger partial charge in [-0.05, 0) is 13.8 Å². The SMILES string of the molecule is COC(CO)C(O)C(O)C(N)C(C)(C)OC1C(CO)OC(O)C(N)C1O. The number of hydrogen-bond acceptors (Lipinski definition) is 11. The molecule has 0 aromatic rings. The van der Waals surface area contributed by atoms with Crippen molar-refractivity contribution in [1.82, 2.24) is 0 Å². The molecule has 0 aromatic heterocycles. The van der Waals surface area contributed by atoms with Gasteiger partial charge in [0.05, 0.1) is 30.9 Å². The Hall–Kier alpha value is -0.440. The predicted octanol–water partition coefficient (Wildman–Crippen LogP) is -4.40. The third-order valence-electron chi connectivity index (χ3n) is 4.74. The molecule has 0 saturated carbocycles. The average Bonchev–Trinajstić information content (AvgIpc) is 2.61. The molecule has 1 heterocycles. The van der Waals surface area contributed by atoms with E-state index in [1.54, 1.807) is 0 Å². The highest BCUT2D eigenvalue weighted by atomic mass is 16.6. The Morgan fingerprint density at radius 1 is 1.15 bits per heavy atom. The summed E-state index contributed by atoms with van der Waals surface area (Å²) < 4.78 is 15.8. The van der Waals surface area contributed by atoms with Crippen molar-refractivity contribution in [2.45, 2.75) is 74.4 Å². The minimum Gasteiger partial charge on any atom is -0.394 e. The van der Waals surface area contributed by atoms with Crippen molar-refractivity contribution in [3.8, 4) is 0 Å². The topological polar surface area (TPSA) is 201 Å². The largest absolute Gasteiger partial charge is 0.394 e. The van der Waals surface area contributed by atoms with E-state index in [9.17, 15) is 25.5 Å². The van der Waals surface area contributed by atoms with Gasteiger partial charge in [0.2, 0.25) is 0 Å². The molecule has 9 unspecified atom stereocenters. The number of methoxy groups -OCH3 is 1. The molecule has 0 spiro atoms. The average molecular weight is 384 g/mol. The first-order valence-electron chi connectivity index (χ1n) is 8.33. The molecule has 0 radical (unpaired) electrons. The summed E-state index contributed by atoms with van der Waals surface area (Å²) in [5.41, 5.74) is 10.4. The second kappa shape index (κ2) is 9.66. The molecule has 26 heavy (non-hydrogen) atoms. The third-order valence-corrected chi connectivity index (χ3v) is 4.74. The summed E-state index contributed by atoms with van der Waals surface area (Å²) >= 11 is 0. The molecule has 1 aliphatic rings. The summed E-state index contributed by atoms with van der Waals surface area (Å²) in [6.07, 6.45) is -9.13. The molecular formula is C15H32N2O9. The molecular weight excluding hydrogens is 352 g/mol. The fourth-order valence-electron chi connectivity index (χ4n) is 2.84. The van der Waals surface area contributed by atoms with E-state index in [2.05, 4.69) is 0 Å². The van der Waals surface area contributed by atoms with Gasteiger partial charge in [0.25, 0.3) is 0 Å². The van der Waals surface area contributed by atoms with E-state index >= 15 is 0 Å². The van der Waals surface area contributed by atoms with E-state index in [-0.39, 0.29) is 0 Å². The van der Waals surface area contributed by atoms with E-state index in [1.165, 1.54) is 21.0 Å². The molecule has 0 aliphatic carbocycles. The lowest BCUT2D eigenvalue weighted by atomic mass is 9.88. The number of aliphatic hydroxyl groups excluding tert-OH is 6. The number of ether oxygens (including phenoxy) is 3. The molecule has 11 heteroatoms. The summed E-state index contributed by atoms with van der Waals surface area (Å²) in [6.45, 7) is 1.92. The van der Waals surface area contributed by atoms with E-state index in [0.717, 1.165) is 0 Å². The van der Waals surface area contributed by atoms with E-state index < -0.39 is 73.8 Å². The molecule has 0 aromatic carbocycles. The fourth-order valence-corrected chi connectivity index (χ4v) is 2.84. The van der Waals surface area contributed by atoms with E-state index in [1.807, 2.05) is 0 Å². The Morgan fingerprint density at radius 3 is 2.19 bits per heavy atom. The van der Waals surface area contributed by atoms with Crippen LogP contribution < -0.4 is 11.5 Å². The van der Waals surface area contributed by atoms with Gasteiger partial charge in [-0.1, -0.05) is 0 Å². The predicted molar refractivity (Wildman–Crippen MR) is 88.8 cm³/mol. The minimum absolute atomic E-state index is 0.531. The molecule has 1 aliphatic heterocycles. The van der Waals surface area contributed by atoms with Gasteiger partial charge in [0.15, 0.2) is 6.29 Å². The highest BCUT2D eigenvalue weighted by Crippen LogP contribution is 2.28. The zero-order valence-electron chi connectivity index (χ0n) is 15.2. The molecule has 156 valence electrons. The van der Waals surface area contributed by atoms with Crippen molar-refractivity contribution in [1.29, 1.82) is 0 Å². The molecule has 0 amide bonds. The summed E-state index contributed by atoms with van der Waals surface area (Å²) in [5, 5.41) is 58.9. The second-order valence-corrected chi connectivity index (χ2v) is 6.97. The van der Waals surface area contributed by atoms with E-state index in [4.69, 9.17) is 30.8 Å². The van der Waals surface area contributed by atoms with Gasteiger partial charge in [-0.15, -0.1) is 0 Å². The smallest absolute Gasteiger partial charge is 0.173 e. The first-order chi connectivity index (χ1) is 12.0. The second-order valence-electron chi connectivity index (χ2n) is 6.97. The summed E-state index contributed by atoms with van der Waals surface area (Å²) in [7, 11) is 1.26. The van der Waals surface area contributed by atoms with Crippen LogP contribution in [0.15, 0.2) is 0 Å². The molecule has 11 nitrogen and oxygen atoms in total. The monoisotopic (exact) mass is 384 g/mol. The first-order valence-corrected chi connectivity index (χ1v) is 8.33. The van der Waals surface area contributed by atoms with Gasteiger partial charge in [-0.3, -0.25) is 0 Å². The number of nitrogens with two attached hydrogens (primary N) is 2.